The fraction of sp³-hybridized carbons (Fsp3) is 0.500. The van der Waals surface area contributed by atoms with Gasteiger partial charge in [0, 0.05) is 25.3 Å². The molecule has 0 bridgehead atoms. The van der Waals surface area contributed by atoms with E-state index in [0.717, 1.165) is 0 Å². The third-order valence-corrected chi connectivity index (χ3v) is 2.45. The van der Waals surface area contributed by atoms with Crippen molar-refractivity contribution in [1.29, 1.82) is 0 Å². The van der Waals surface area contributed by atoms with E-state index < -0.39 is 17.6 Å². The number of pyridine rings is 1. The zero-order valence-corrected chi connectivity index (χ0v) is 8.47. The van der Waals surface area contributed by atoms with Gasteiger partial charge in [0.2, 0.25) is 0 Å². The molecule has 1 saturated heterocycles. The van der Waals surface area contributed by atoms with Crippen LogP contribution < -0.4 is 5.32 Å². The van der Waals surface area contributed by atoms with E-state index in [1.54, 1.807) is 0 Å². The molecular formula is C10H11F3N2O. The Morgan fingerprint density at radius 2 is 1.88 bits per heavy atom. The minimum atomic E-state index is -1.30. The van der Waals surface area contributed by atoms with E-state index in [4.69, 9.17) is 4.74 Å². The summed E-state index contributed by atoms with van der Waals surface area (Å²) in [7, 11) is 0. The maximum Gasteiger partial charge on any atom is 0.251 e. The van der Waals surface area contributed by atoms with Gasteiger partial charge in [-0.3, -0.25) is 0 Å². The first-order valence-electron chi connectivity index (χ1n) is 5.02. The molecule has 3 nitrogen and oxygen atoms in total. The molecule has 1 aromatic heterocycles. The van der Waals surface area contributed by atoms with Gasteiger partial charge in [-0.1, -0.05) is 0 Å². The quantitative estimate of drug-likeness (QED) is 0.793. The average Bonchev–Trinajstić information content (AvgIpc) is 2.27. The van der Waals surface area contributed by atoms with Crippen LogP contribution in [0.2, 0.25) is 0 Å². The van der Waals surface area contributed by atoms with Crippen molar-refractivity contribution in [2.45, 2.75) is 18.9 Å². The van der Waals surface area contributed by atoms with Crippen molar-refractivity contribution < 1.29 is 17.9 Å². The standard InChI is InChI=1S/C10H11F3N2O/c11-7-5-8(12)10(15-9(7)13)14-6-1-3-16-4-2-6/h5-6H,1-4H2,(H,14,15). The monoisotopic (exact) mass is 232 g/mol. The normalized spacial score (nSPS) is 17.4. The number of halogens is 3. The number of rotatable bonds is 2. The Bertz CT molecular complexity index is 381. The largest absolute Gasteiger partial charge is 0.381 e. The topological polar surface area (TPSA) is 34.1 Å². The highest BCUT2D eigenvalue weighted by Gasteiger charge is 2.17. The second-order valence-corrected chi connectivity index (χ2v) is 3.62. The van der Waals surface area contributed by atoms with Gasteiger partial charge in [-0.25, -0.2) is 8.78 Å². The lowest BCUT2D eigenvalue weighted by atomic mass is 10.1. The Morgan fingerprint density at radius 3 is 2.56 bits per heavy atom. The van der Waals surface area contributed by atoms with Gasteiger partial charge in [0.15, 0.2) is 17.5 Å². The summed E-state index contributed by atoms with van der Waals surface area (Å²) in [6.07, 6.45) is 1.39. The number of ether oxygens (including phenoxy) is 1. The van der Waals surface area contributed by atoms with Crippen molar-refractivity contribution in [3.8, 4) is 0 Å². The van der Waals surface area contributed by atoms with Crippen LogP contribution in [0.15, 0.2) is 6.07 Å². The maximum atomic E-state index is 13.2. The van der Waals surface area contributed by atoms with E-state index in [1.807, 2.05) is 0 Å². The number of hydrogen-bond acceptors (Lipinski definition) is 3. The van der Waals surface area contributed by atoms with E-state index in [-0.39, 0.29) is 11.9 Å². The smallest absolute Gasteiger partial charge is 0.251 e. The van der Waals surface area contributed by atoms with Crippen LogP contribution in [0.4, 0.5) is 19.0 Å². The van der Waals surface area contributed by atoms with Crippen molar-refractivity contribution in [3.63, 3.8) is 0 Å². The number of aromatic nitrogens is 1. The molecule has 0 atom stereocenters. The molecule has 0 spiro atoms. The van der Waals surface area contributed by atoms with Crippen LogP contribution >= 0.6 is 0 Å². The summed E-state index contributed by atoms with van der Waals surface area (Å²) < 4.78 is 43.8. The number of nitrogens with one attached hydrogen (secondary N) is 1. The number of anilines is 1. The highest BCUT2D eigenvalue weighted by molar-refractivity contribution is 5.37. The van der Waals surface area contributed by atoms with Gasteiger partial charge in [0.05, 0.1) is 0 Å². The summed E-state index contributed by atoms with van der Waals surface area (Å²) in [5, 5.41) is 2.74. The van der Waals surface area contributed by atoms with Gasteiger partial charge in [0.25, 0.3) is 5.95 Å². The van der Waals surface area contributed by atoms with Crippen LogP contribution in [0.5, 0.6) is 0 Å². The van der Waals surface area contributed by atoms with Crippen LogP contribution in [0, 0.1) is 17.6 Å². The average molecular weight is 232 g/mol. The lowest BCUT2D eigenvalue weighted by Crippen LogP contribution is -2.28. The Labute approximate surface area is 90.6 Å². The van der Waals surface area contributed by atoms with Crippen molar-refractivity contribution >= 4 is 5.82 Å². The first kappa shape index (κ1) is 11.2. The number of nitrogens with zero attached hydrogens (tertiary/aromatic N) is 1. The highest BCUT2D eigenvalue weighted by atomic mass is 19.2. The van der Waals surface area contributed by atoms with Crippen molar-refractivity contribution in [2.24, 2.45) is 0 Å². The molecule has 0 aromatic carbocycles. The summed E-state index contributed by atoms with van der Waals surface area (Å²) in [6, 6.07) is 0.477. The van der Waals surface area contributed by atoms with Crippen molar-refractivity contribution in [2.75, 3.05) is 18.5 Å². The predicted octanol–water partition coefficient (Wildman–Crippen LogP) is 2.09. The zero-order chi connectivity index (χ0) is 11.5. The summed E-state index contributed by atoms with van der Waals surface area (Å²) >= 11 is 0. The molecule has 16 heavy (non-hydrogen) atoms. The molecule has 1 aliphatic heterocycles. The first-order valence-corrected chi connectivity index (χ1v) is 5.02. The lowest BCUT2D eigenvalue weighted by Gasteiger charge is -2.23. The molecule has 2 rings (SSSR count). The Balaban J connectivity index is 2.11. The molecule has 0 unspecified atom stereocenters. The van der Waals surface area contributed by atoms with Crippen molar-refractivity contribution in [3.05, 3.63) is 23.6 Å². The van der Waals surface area contributed by atoms with Gasteiger partial charge in [0.1, 0.15) is 0 Å². The molecule has 0 radical (unpaired) electrons. The van der Waals surface area contributed by atoms with Crippen LogP contribution in [-0.4, -0.2) is 24.2 Å². The van der Waals surface area contributed by atoms with Crippen LogP contribution in [0.25, 0.3) is 0 Å². The Kier molecular flexibility index (Phi) is 3.28. The number of hydrogen-bond donors (Lipinski definition) is 1. The fourth-order valence-electron chi connectivity index (χ4n) is 1.58. The predicted molar refractivity (Wildman–Crippen MR) is 51.6 cm³/mol. The van der Waals surface area contributed by atoms with E-state index in [1.165, 1.54) is 0 Å². The molecule has 1 N–H and O–H groups in total. The molecule has 0 amide bonds. The molecule has 1 aromatic rings. The minimum absolute atomic E-state index is 0.0133. The van der Waals surface area contributed by atoms with E-state index >= 15 is 0 Å². The third kappa shape index (κ3) is 2.44. The SMILES string of the molecule is Fc1cc(F)c(NC2CCOCC2)nc1F. The molecule has 88 valence electrons. The van der Waals surface area contributed by atoms with E-state index in [2.05, 4.69) is 10.3 Å². The van der Waals surface area contributed by atoms with Gasteiger partial charge in [-0.2, -0.15) is 9.37 Å². The van der Waals surface area contributed by atoms with Crippen LogP contribution in [0.3, 0.4) is 0 Å². The van der Waals surface area contributed by atoms with E-state index in [9.17, 15) is 13.2 Å². The zero-order valence-electron chi connectivity index (χ0n) is 8.47. The second kappa shape index (κ2) is 4.69. The fourth-order valence-corrected chi connectivity index (χ4v) is 1.58. The third-order valence-electron chi connectivity index (χ3n) is 2.45. The maximum absolute atomic E-state index is 13.2. The first-order chi connectivity index (χ1) is 7.66. The van der Waals surface area contributed by atoms with Crippen LogP contribution in [-0.2, 0) is 4.74 Å². The highest BCUT2D eigenvalue weighted by Crippen LogP contribution is 2.18. The molecule has 2 heterocycles. The summed E-state index contributed by atoms with van der Waals surface area (Å²) in [5.74, 6) is -3.71. The van der Waals surface area contributed by atoms with Gasteiger partial charge < -0.3 is 10.1 Å². The summed E-state index contributed by atoms with van der Waals surface area (Å²) in [4.78, 5) is 3.20. The van der Waals surface area contributed by atoms with Gasteiger partial charge in [-0.05, 0) is 12.8 Å². The summed E-state index contributed by atoms with van der Waals surface area (Å²) in [5.41, 5.74) is 0. The van der Waals surface area contributed by atoms with Gasteiger partial charge in [-0.15, -0.1) is 0 Å². The lowest BCUT2D eigenvalue weighted by molar-refractivity contribution is 0.0903. The van der Waals surface area contributed by atoms with Gasteiger partial charge >= 0.3 is 0 Å². The Morgan fingerprint density at radius 1 is 1.19 bits per heavy atom. The van der Waals surface area contributed by atoms with Crippen molar-refractivity contribution in [1.82, 2.24) is 4.98 Å². The van der Waals surface area contributed by atoms with Crippen LogP contribution in [0.1, 0.15) is 12.8 Å². The molecule has 0 saturated carbocycles. The molecule has 1 fully saturated rings. The summed E-state index contributed by atoms with van der Waals surface area (Å²) in [6.45, 7) is 1.14. The minimum Gasteiger partial charge on any atom is -0.381 e. The molecular weight excluding hydrogens is 221 g/mol. The molecule has 6 heteroatoms. The Hall–Kier alpha value is -1.30. The molecule has 1 aliphatic rings. The molecule has 0 aliphatic carbocycles. The van der Waals surface area contributed by atoms with E-state index in [0.29, 0.717) is 32.1 Å². The second-order valence-electron chi connectivity index (χ2n) is 3.62.